The first-order chi connectivity index (χ1) is 5.70. The monoisotopic (exact) mass is 170 g/mol. The average Bonchev–Trinajstić information content (AvgIpc) is 2.33. The Morgan fingerprint density at radius 3 is 2.67 bits per heavy atom. The summed E-state index contributed by atoms with van der Waals surface area (Å²) >= 11 is 0. The molecule has 1 aliphatic heterocycles. The van der Waals surface area contributed by atoms with Gasteiger partial charge in [-0.3, -0.25) is 4.79 Å². The zero-order valence-corrected chi connectivity index (χ0v) is 7.72. The van der Waals surface area contributed by atoms with E-state index in [0.717, 1.165) is 0 Å². The summed E-state index contributed by atoms with van der Waals surface area (Å²) in [6, 6.07) is 0. The fourth-order valence-corrected chi connectivity index (χ4v) is 1.18. The molecule has 0 radical (unpaired) electrons. The number of carbonyl (C=O) groups excluding carboxylic acids is 1. The minimum Gasteiger partial charge on any atom is -0.487 e. The second-order valence-corrected chi connectivity index (χ2v) is 2.66. The van der Waals surface area contributed by atoms with Crippen LogP contribution >= 0.6 is 0 Å². The van der Waals surface area contributed by atoms with Crippen LogP contribution in [0.3, 0.4) is 0 Å². The Kier molecular flexibility index (Phi) is 2.74. The Hall–Kier alpha value is -0.990. The number of carbonyl (C=O) groups is 1. The van der Waals surface area contributed by atoms with E-state index < -0.39 is 0 Å². The third kappa shape index (κ3) is 1.44. The minimum atomic E-state index is -0.360. The van der Waals surface area contributed by atoms with Gasteiger partial charge < -0.3 is 9.47 Å². The number of ketones is 1. The summed E-state index contributed by atoms with van der Waals surface area (Å²) in [6.07, 6.45) is 0.354. The van der Waals surface area contributed by atoms with E-state index in [1.807, 2.05) is 13.8 Å². The fraction of sp³-hybridized carbons (Fsp3) is 0.667. The van der Waals surface area contributed by atoms with Crippen molar-refractivity contribution in [2.75, 3.05) is 6.61 Å². The molecule has 0 saturated carbocycles. The quantitative estimate of drug-likeness (QED) is 0.645. The highest BCUT2D eigenvalue weighted by atomic mass is 16.5. The highest BCUT2D eigenvalue weighted by Gasteiger charge is 2.32. The number of rotatable bonds is 3. The van der Waals surface area contributed by atoms with Gasteiger partial charge in [-0.05, 0) is 13.8 Å². The Morgan fingerprint density at radius 2 is 2.17 bits per heavy atom. The maximum atomic E-state index is 11.4. The molecule has 3 nitrogen and oxygen atoms in total. The fourth-order valence-electron chi connectivity index (χ4n) is 1.18. The molecule has 3 heteroatoms. The number of ether oxygens (including phenoxy) is 2. The number of allylic oxidation sites excluding steroid dienone is 1. The Bertz CT molecular complexity index is 218. The predicted molar refractivity (Wildman–Crippen MR) is 44.5 cm³/mol. The molecule has 0 N–H and O–H groups in total. The lowest BCUT2D eigenvalue weighted by atomic mass is 10.2. The van der Waals surface area contributed by atoms with Crippen LogP contribution in [-0.2, 0) is 14.3 Å². The van der Waals surface area contributed by atoms with E-state index in [0.29, 0.717) is 24.5 Å². The van der Waals surface area contributed by atoms with E-state index in [1.165, 1.54) is 0 Å². The van der Waals surface area contributed by atoms with Crippen molar-refractivity contribution in [2.24, 2.45) is 0 Å². The summed E-state index contributed by atoms with van der Waals surface area (Å²) in [5.41, 5.74) is 0. The summed E-state index contributed by atoms with van der Waals surface area (Å²) in [5, 5.41) is 0. The molecular weight excluding hydrogens is 156 g/mol. The topological polar surface area (TPSA) is 35.5 Å². The summed E-state index contributed by atoms with van der Waals surface area (Å²) in [7, 11) is 0. The third-order valence-electron chi connectivity index (χ3n) is 1.78. The van der Waals surface area contributed by atoms with E-state index >= 15 is 0 Å². The van der Waals surface area contributed by atoms with Gasteiger partial charge in [-0.2, -0.15) is 0 Å². The molecule has 0 saturated heterocycles. The summed E-state index contributed by atoms with van der Waals surface area (Å²) < 4.78 is 10.5. The van der Waals surface area contributed by atoms with Gasteiger partial charge in [0.15, 0.2) is 6.10 Å². The van der Waals surface area contributed by atoms with Crippen LogP contribution in [0, 0.1) is 0 Å². The van der Waals surface area contributed by atoms with Crippen molar-refractivity contribution in [3.63, 3.8) is 0 Å². The van der Waals surface area contributed by atoms with Crippen molar-refractivity contribution in [3.05, 3.63) is 11.5 Å². The van der Waals surface area contributed by atoms with Gasteiger partial charge in [-0.25, -0.2) is 0 Å². The molecule has 1 heterocycles. The van der Waals surface area contributed by atoms with E-state index in [9.17, 15) is 4.79 Å². The molecule has 1 aliphatic rings. The molecule has 1 rings (SSSR count). The van der Waals surface area contributed by atoms with Crippen molar-refractivity contribution >= 4 is 5.78 Å². The zero-order chi connectivity index (χ0) is 9.14. The number of hydrogen-bond acceptors (Lipinski definition) is 3. The van der Waals surface area contributed by atoms with Gasteiger partial charge in [-0.15, -0.1) is 0 Å². The van der Waals surface area contributed by atoms with Gasteiger partial charge in [0.05, 0.1) is 6.61 Å². The smallest absolute Gasteiger partial charge is 0.240 e. The minimum absolute atomic E-state index is 0.0336. The van der Waals surface area contributed by atoms with E-state index in [-0.39, 0.29) is 11.9 Å². The molecule has 0 aromatic rings. The maximum absolute atomic E-state index is 11.4. The number of Topliss-reactive ketones (excluding diaryl/α,β-unsaturated/α-hetero) is 1. The first-order valence-corrected chi connectivity index (χ1v) is 4.27. The van der Waals surface area contributed by atoms with Crippen LogP contribution in [0.25, 0.3) is 0 Å². The molecule has 0 fully saturated rings. The Labute approximate surface area is 72.4 Å². The normalized spacial score (nSPS) is 22.9. The largest absolute Gasteiger partial charge is 0.487 e. The highest BCUT2D eigenvalue weighted by Crippen LogP contribution is 2.24. The van der Waals surface area contributed by atoms with Crippen LogP contribution in [0.1, 0.15) is 27.2 Å². The van der Waals surface area contributed by atoms with Crippen molar-refractivity contribution in [1.82, 2.24) is 0 Å². The van der Waals surface area contributed by atoms with Crippen LogP contribution in [0.2, 0.25) is 0 Å². The van der Waals surface area contributed by atoms with E-state index in [2.05, 4.69) is 0 Å². The van der Waals surface area contributed by atoms with Crippen LogP contribution < -0.4 is 0 Å². The van der Waals surface area contributed by atoms with Gasteiger partial charge >= 0.3 is 0 Å². The number of hydrogen-bond donors (Lipinski definition) is 0. The van der Waals surface area contributed by atoms with Crippen LogP contribution in [0.5, 0.6) is 0 Å². The van der Waals surface area contributed by atoms with Crippen molar-refractivity contribution in [2.45, 2.75) is 33.3 Å². The summed E-state index contributed by atoms with van der Waals surface area (Å²) in [6.45, 7) is 6.06. The molecule has 0 amide bonds. The first kappa shape index (κ1) is 9.10. The molecule has 0 spiro atoms. The van der Waals surface area contributed by atoms with Gasteiger partial charge in [0.25, 0.3) is 0 Å². The molecule has 0 aromatic carbocycles. The van der Waals surface area contributed by atoms with Gasteiger partial charge in [-0.1, -0.05) is 6.92 Å². The van der Waals surface area contributed by atoms with Gasteiger partial charge in [0, 0.05) is 6.42 Å². The summed E-state index contributed by atoms with van der Waals surface area (Å²) in [5.74, 6) is 1.08. The maximum Gasteiger partial charge on any atom is 0.240 e. The molecule has 0 bridgehead atoms. The molecule has 1 atom stereocenters. The molecule has 68 valence electrons. The highest BCUT2D eigenvalue weighted by molar-refractivity contribution is 5.99. The lowest BCUT2D eigenvalue weighted by Gasteiger charge is -2.02. The molecular formula is C9H14O3. The Balaban J connectivity index is 2.80. The van der Waals surface area contributed by atoms with Crippen LogP contribution in [0.15, 0.2) is 11.5 Å². The van der Waals surface area contributed by atoms with Gasteiger partial charge in [0.1, 0.15) is 5.76 Å². The second kappa shape index (κ2) is 3.61. The molecule has 1 unspecified atom stereocenters. The Morgan fingerprint density at radius 1 is 1.50 bits per heavy atom. The predicted octanol–water partition coefficient (Wildman–Crippen LogP) is 1.63. The average molecular weight is 170 g/mol. The molecule has 0 aromatic heterocycles. The van der Waals surface area contributed by atoms with Gasteiger partial charge in [0.2, 0.25) is 11.5 Å². The SMILES string of the molecule is CCOC1=C(CC)OC(C)C1=O. The third-order valence-corrected chi connectivity index (χ3v) is 1.78. The van der Waals surface area contributed by atoms with Crippen molar-refractivity contribution in [3.8, 4) is 0 Å². The van der Waals surface area contributed by atoms with E-state index in [1.54, 1.807) is 6.92 Å². The van der Waals surface area contributed by atoms with Crippen LogP contribution in [0.4, 0.5) is 0 Å². The molecule has 12 heavy (non-hydrogen) atoms. The standard InChI is InChI=1S/C9H14O3/c1-4-7-9(11-5-2)8(10)6(3)12-7/h6H,4-5H2,1-3H3. The lowest BCUT2D eigenvalue weighted by Crippen LogP contribution is -2.14. The second-order valence-electron chi connectivity index (χ2n) is 2.66. The van der Waals surface area contributed by atoms with Crippen molar-refractivity contribution in [1.29, 1.82) is 0 Å². The van der Waals surface area contributed by atoms with E-state index in [4.69, 9.17) is 9.47 Å². The zero-order valence-electron chi connectivity index (χ0n) is 7.72. The summed E-state index contributed by atoms with van der Waals surface area (Å²) in [4.78, 5) is 11.4. The first-order valence-electron chi connectivity index (χ1n) is 4.27. The lowest BCUT2D eigenvalue weighted by molar-refractivity contribution is -0.123. The van der Waals surface area contributed by atoms with Crippen molar-refractivity contribution < 1.29 is 14.3 Å². The van der Waals surface area contributed by atoms with Crippen LogP contribution in [-0.4, -0.2) is 18.5 Å². The molecule has 0 aliphatic carbocycles.